The molecule has 1 fully saturated rings. The molecule has 3 nitrogen and oxygen atoms in total. The summed E-state index contributed by atoms with van der Waals surface area (Å²) in [6.07, 6.45) is 7.77. The van der Waals surface area contributed by atoms with Crippen molar-refractivity contribution < 1.29 is 9.23 Å². The Bertz CT molecular complexity index is 709. The number of oxime groups is 1. The third kappa shape index (κ3) is 7.08. The van der Waals surface area contributed by atoms with E-state index in [2.05, 4.69) is 34.3 Å². The molecule has 4 heteroatoms. The van der Waals surface area contributed by atoms with Crippen molar-refractivity contribution in [1.29, 1.82) is 0 Å². The first-order valence-corrected chi connectivity index (χ1v) is 10.5. The number of nitrogens with zero attached hydrogens (tertiary/aromatic N) is 2. The first-order valence-electron chi connectivity index (χ1n) is 10.5. The molecular weight excluding hydrogens is 351 g/mol. The van der Waals surface area contributed by atoms with Crippen molar-refractivity contribution in [1.82, 2.24) is 4.90 Å². The minimum atomic E-state index is -0.227. The highest BCUT2D eigenvalue weighted by Gasteiger charge is 2.09. The third-order valence-electron chi connectivity index (χ3n) is 5.23. The number of piperidine rings is 1. The second kappa shape index (κ2) is 11.6. The Balaban J connectivity index is 1.49. The maximum atomic E-state index is 13.3. The van der Waals surface area contributed by atoms with Crippen LogP contribution in [0.25, 0.3) is 0 Å². The third-order valence-corrected chi connectivity index (χ3v) is 5.23. The lowest BCUT2D eigenvalue weighted by Gasteiger charge is -2.25. The molecule has 28 heavy (non-hydrogen) atoms. The monoisotopic (exact) mass is 382 g/mol. The van der Waals surface area contributed by atoms with Gasteiger partial charge in [-0.15, -0.1) is 0 Å². The van der Waals surface area contributed by atoms with Gasteiger partial charge in [-0.1, -0.05) is 54.0 Å². The van der Waals surface area contributed by atoms with Crippen LogP contribution in [0, 0.1) is 5.82 Å². The lowest BCUT2D eigenvalue weighted by Crippen LogP contribution is -2.31. The maximum Gasteiger partial charge on any atom is 0.123 e. The number of rotatable bonds is 10. The smallest absolute Gasteiger partial charge is 0.123 e. The summed E-state index contributed by atoms with van der Waals surface area (Å²) in [6.45, 7) is 4.13. The van der Waals surface area contributed by atoms with Gasteiger partial charge in [0.05, 0.1) is 5.71 Å². The molecule has 0 aromatic heterocycles. The van der Waals surface area contributed by atoms with Gasteiger partial charge in [0.2, 0.25) is 0 Å². The highest BCUT2D eigenvalue weighted by Crippen LogP contribution is 2.13. The molecule has 150 valence electrons. The SMILES string of the molecule is Fc1ccc(C(CCCc2ccccc2)=NOCCCN2CCCCC2)cc1. The summed E-state index contributed by atoms with van der Waals surface area (Å²) in [5, 5.41) is 4.41. The van der Waals surface area contributed by atoms with Crippen LogP contribution in [0.5, 0.6) is 0 Å². The fourth-order valence-corrected chi connectivity index (χ4v) is 3.65. The second-order valence-corrected chi connectivity index (χ2v) is 7.47. The minimum absolute atomic E-state index is 0.227. The number of likely N-dealkylation sites (tertiary alicyclic amines) is 1. The molecule has 0 bridgehead atoms. The van der Waals surface area contributed by atoms with Crippen molar-refractivity contribution in [2.45, 2.75) is 44.9 Å². The number of benzene rings is 2. The average Bonchev–Trinajstić information content (AvgIpc) is 2.74. The molecule has 0 radical (unpaired) electrons. The molecular formula is C24H31FN2O. The van der Waals surface area contributed by atoms with Gasteiger partial charge >= 0.3 is 0 Å². The highest BCUT2D eigenvalue weighted by atomic mass is 19.1. The predicted molar refractivity (Wildman–Crippen MR) is 113 cm³/mol. The standard InChI is InChI=1S/C24H31FN2O/c25-23-15-13-22(14-16-23)24(12-7-11-21-9-3-1-4-10-21)26-28-20-8-19-27-17-5-2-6-18-27/h1,3-4,9-10,13-16H,2,5-8,11-12,17-20H2. The minimum Gasteiger partial charge on any atom is -0.396 e. The van der Waals surface area contributed by atoms with E-state index >= 15 is 0 Å². The van der Waals surface area contributed by atoms with Crippen molar-refractivity contribution in [3.63, 3.8) is 0 Å². The van der Waals surface area contributed by atoms with E-state index in [1.807, 2.05) is 6.07 Å². The van der Waals surface area contributed by atoms with E-state index in [-0.39, 0.29) is 5.82 Å². The van der Waals surface area contributed by atoms with Crippen molar-refractivity contribution in [2.24, 2.45) is 5.16 Å². The van der Waals surface area contributed by atoms with Gasteiger partial charge in [-0.2, -0.15) is 0 Å². The summed E-state index contributed by atoms with van der Waals surface area (Å²) < 4.78 is 13.3. The molecule has 0 saturated carbocycles. The van der Waals surface area contributed by atoms with Crippen LogP contribution in [0.3, 0.4) is 0 Å². The van der Waals surface area contributed by atoms with E-state index in [9.17, 15) is 4.39 Å². The van der Waals surface area contributed by atoms with Gasteiger partial charge in [-0.3, -0.25) is 0 Å². The summed E-state index contributed by atoms with van der Waals surface area (Å²) in [7, 11) is 0. The molecule has 0 atom stereocenters. The zero-order valence-electron chi connectivity index (χ0n) is 16.7. The summed E-state index contributed by atoms with van der Waals surface area (Å²) >= 11 is 0. The molecule has 0 unspecified atom stereocenters. The highest BCUT2D eigenvalue weighted by molar-refractivity contribution is 6.00. The van der Waals surface area contributed by atoms with Gasteiger partial charge in [0.25, 0.3) is 0 Å². The van der Waals surface area contributed by atoms with Crippen LogP contribution in [0.1, 0.15) is 49.7 Å². The van der Waals surface area contributed by atoms with Crippen LogP contribution in [-0.4, -0.2) is 36.9 Å². The van der Waals surface area contributed by atoms with Crippen LogP contribution >= 0.6 is 0 Å². The molecule has 1 aliphatic rings. The maximum absolute atomic E-state index is 13.3. The van der Waals surface area contributed by atoms with Gasteiger partial charge < -0.3 is 9.74 Å². The van der Waals surface area contributed by atoms with Crippen molar-refractivity contribution in [3.05, 3.63) is 71.5 Å². The predicted octanol–water partition coefficient (Wildman–Crippen LogP) is 5.45. The van der Waals surface area contributed by atoms with Crippen molar-refractivity contribution in [2.75, 3.05) is 26.2 Å². The Kier molecular flexibility index (Phi) is 8.51. The van der Waals surface area contributed by atoms with Crippen LogP contribution < -0.4 is 0 Å². The summed E-state index contributed by atoms with van der Waals surface area (Å²) in [4.78, 5) is 8.15. The number of hydrogen-bond acceptors (Lipinski definition) is 3. The molecule has 2 aromatic carbocycles. The fourth-order valence-electron chi connectivity index (χ4n) is 3.65. The molecule has 1 aliphatic heterocycles. The van der Waals surface area contributed by atoms with E-state index in [0.29, 0.717) is 6.61 Å². The molecule has 0 amide bonds. The average molecular weight is 383 g/mol. The number of aryl methyl sites for hydroxylation is 1. The van der Waals surface area contributed by atoms with Crippen LogP contribution in [0.2, 0.25) is 0 Å². The van der Waals surface area contributed by atoms with E-state index in [1.54, 1.807) is 12.1 Å². The van der Waals surface area contributed by atoms with Crippen molar-refractivity contribution >= 4 is 5.71 Å². The molecule has 1 heterocycles. The van der Waals surface area contributed by atoms with Crippen molar-refractivity contribution in [3.8, 4) is 0 Å². The lowest BCUT2D eigenvalue weighted by molar-refractivity contribution is 0.124. The molecule has 1 saturated heterocycles. The van der Waals surface area contributed by atoms with Crippen LogP contribution in [0.4, 0.5) is 4.39 Å². The van der Waals surface area contributed by atoms with Gasteiger partial charge in [0.1, 0.15) is 12.4 Å². The summed E-state index contributed by atoms with van der Waals surface area (Å²) in [5.41, 5.74) is 3.16. The first-order chi connectivity index (χ1) is 13.8. The fraction of sp³-hybridized carbons (Fsp3) is 0.458. The number of halogens is 1. The van der Waals surface area contributed by atoms with Crippen LogP contribution in [0.15, 0.2) is 59.8 Å². The Morgan fingerprint density at radius 3 is 2.43 bits per heavy atom. The quantitative estimate of drug-likeness (QED) is 0.310. The van der Waals surface area contributed by atoms with E-state index in [1.165, 1.54) is 50.0 Å². The first kappa shape index (κ1) is 20.5. The molecule has 0 N–H and O–H groups in total. The zero-order chi connectivity index (χ0) is 19.4. The lowest BCUT2D eigenvalue weighted by atomic mass is 10.0. The number of hydrogen-bond donors (Lipinski definition) is 0. The second-order valence-electron chi connectivity index (χ2n) is 7.47. The molecule has 3 rings (SSSR count). The van der Waals surface area contributed by atoms with Gasteiger partial charge in [-0.05, 0) is 74.9 Å². The Labute approximate surface area is 168 Å². The molecule has 2 aromatic rings. The van der Waals surface area contributed by atoms with E-state index < -0.39 is 0 Å². The Morgan fingerprint density at radius 2 is 1.68 bits per heavy atom. The van der Waals surface area contributed by atoms with Crippen LogP contribution in [-0.2, 0) is 11.3 Å². The Morgan fingerprint density at radius 1 is 0.929 bits per heavy atom. The Hall–Kier alpha value is -2.20. The largest absolute Gasteiger partial charge is 0.396 e. The van der Waals surface area contributed by atoms with Gasteiger partial charge in [0.15, 0.2) is 0 Å². The summed E-state index contributed by atoms with van der Waals surface area (Å²) in [5.74, 6) is -0.227. The molecule has 0 aliphatic carbocycles. The summed E-state index contributed by atoms with van der Waals surface area (Å²) in [6, 6.07) is 17.0. The normalized spacial score (nSPS) is 15.5. The van der Waals surface area contributed by atoms with Gasteiger partial charge in [-0.25, -0.2) is 4.39 Å². The van der Waals surface area contributed by atoms with Gasteiger partial charge in [0, 0.05) is 6.54 Å². The van der Waals surface area contributed by atoms with E-state index in [0.717, 1.165) is 43.5 Å². The topological polar surface area (TPSA) is 24.8 Å². The molecule has 0 spiro atoms. The van der Waals surface area contributed by atoms with E-state index in [4.69, 9.17) is 4.84 Å². The zero-order valence-corrected chi connectivity index (χ0v) is 16.7.